The lowest BCUT2D eigenvalue weighted by Crippen LogP contribution is -3.15. The van der Waals surface area contributed by atoms with Crippen LogP contribution in [0, 0.1) is 4.84 Å². The minimum Gasteiger partial charge on any atom is -0.497 e. The van der Waals surface area contributed by atoms with Gasteiger partial charge in [0.1, 0.15) is 23.3 Å². The third kappa shape index (κ3) is 4.50. The molecular weight excluding hydrogens is 390 g/mol. The van der Waals surface area contributed by atoms with Gasteiger partial charge in [0.05, 0.1) is 26.5 Å². The van der Waals surface area contributed by atoms with Crippen LogP contribution in [-0.2, 0) is 16.5 Å². The molecular formula is C17H24N3O5S2+. The number of sulfone groups is 1. The van der Waals surface area contributed by atoms with Gasteiger partial charge in [-0.3, -0.25) is 0 Å². The minimum absolute atomic E-state index is 0.0546. The van der Waals surface area contributed by atoms with Crippen LogP contribution >= 0.6 is 12.2 Å². The molecule has 0 spiro atoms. The van der Waals surface area contributed by atoms with Crippen molar-refractivity contribution >= 4 is 22.1 Å². The second-order valence-electron chi connectivity index (χ2n) is 6.54. The Balaban J connectivity index is 1.85. The Morgan fingerprint density at radius 2 is 1.96 bits per heavy atom. The summed E-state index contributed by atoms with van der Waals surface area (Å²) < 4.78 is 41.4. The fourth-order valence-corrected chi connectivity index (χ4v) is 5.30. The largest absolute Gasteiger partial charge is 0.497 e. The fraction of sp³-hybridized carbons (Fsp3) is 0.529. The summed E-state index contributed by atoms with van der Waals surface area (Å²) in [5.41, 5.74) is 0.692. The number of ether oxygens (including phenoxy) is 2. The second kappa shape index (κ2) is 7.99. The molecule has 0 amide bonds. The van der Waals surface area contributed by atoms with Crippen molar-refractivity contribution in [1.29, 1.82) is 0 Å². The molecule has 10 heteroatoms. The molecule has 0 saturated carbocycles. The van der Waals surface area contributed by atoms with E-state index < -0.39 is 9.84 Å². The SMILES string of the molecule is CC[NH+](Cn1nc(-c2cc(OC)cc(OC)c2)oc1=S)[C@@H]1CCS(=O)(=O)C1. The lowest BCUT2D eigenvalue weighted by atomic mass is 10.2. The van der Waals surface area contributed by atoms with Gasteiger partial charge in [0, 0.05) is 18.1 Å². The van der Waals surface area contributed by atoms with E-state index in [1.165, 1.54) is 0 Å². The topological polar surface area (TPSA) is 88.0 Å². The van der Waals surface area contributed by atoms with E-state index in [2.05, 4.69) is 5.10 Å². The number of benzene rings is 1. The van der Waals surface area contributed by atoms with Crippen molar-refractivity contribution in [2.75, 3.05) is 32.3 Å². The van der Waals surface area contributed by atoms with Crippen LogP contribution in [0.15, 0.2) is 22.6 Å². The summed E-state index contributed by atoms with van der Waals surface area (Å²) in [7, 11) is 0.215. The van der Waals surface area contributed by atoms with Crippen LogP contribution in [0.1, 0.15) is 13.3 Å². The standard InChI is InChI=1S/C17H23N3O5S2/c1-4-19(13-5-6-27(21,22)10-13)11-20-17(26)25-16(18-20)12-7-14(23-2)9-15(8-12)24-3/h7-9,13H,4-6,10-11H2,1-3H3/p+1/t13-/m1/s1. The van der Waals surface area contributed by atoms with Crippen LogP contribution in [0.5, 0.6) is 11.5 Å². The van der Waals surface area contributed by atoms with Gasteiger partial charge in [-0.05, 0) is 31.3 Å². The Morgan fingerprint density at radius 3 is 2.48 bits per heavy atom. The normalized spacial score (nSPS) is 19.7. The molecule has 1 aliphatic heterocycles. The van der Waals surface area contributed by atoms with Crippen LogP contribution in [0.3, 0.4) is 0 Å². The first-order chi connectivity index (χ1) is 12.8. The third-order valence-corrected chi connectivity index (χ3v) is 6.88. The molecule has 1 N–H and O–H groups in total. The highest BCUT2D eigenvalue weighted by Crippen LogP contribution is 2.28. The lowest BCUT2D eigenvalue weighted by molar-refractivity contribution is -0.943. The average Bonchev–Trinajstić information content (AvgIpc) is 3.21. The molecule has 3 rings (SSSR count). The lowest BCUT2D eigenvalue weighted by Gasteiger charge is -2.22. The predicted molar refractivity (Wildman–Crippen MR) is 102 cm³/mol. The highest BCUT2D eigenvalue weighted by Gasteiger charge is 2.35. The Kier molecular flexibility index (Phi) is 5.87. The smallest absolute Gasteiger partial charge is 0.292 e. The van der Waals surface area contributed by atoms with E-state index in [1.54, 1.807) is 37.1 Å². The van der Waals surface area contributed by atoms with Gasteiger partial charge < -0.3 is 18.8 Å². The monoisotopic (exact) mass is 414 g/mol. The fourth-order valence-electron chi connectivity index (χ4n) is 3.29. The Labute approximate surface area is 163 Å². The number of nitrogens with one attached hydrogen (secondary N) is 1. The van der Waals surface area contributed by atoms with Gasteiger partial charge >= 0.3 is 0 Å². The van der Waals surface area contributed by atoms with Crippen molar-refractivity contribution in [1.82, 2.24) is 9.78 Å². The predicted octanol–water partition coefficient (Wildman–Crippen LogP) is 0.939. The highest BCUT2D eigenvalue weighted by molar-refractivity contribution is 7.91. The van der Waals surface area contributed by atoms with Gasteiger partial charge in [0.25, 0.3) is 4.84 Å². The quantitative estimate of drug-likeness (QED) is 0.675. The number of quaternary nitrogens is 1. The molecule has 1 unspecified atom stereocenters. The minimum atomic E-state index is -2.93. The maximum Gasteiger partial charge on any atom is 0.292 e. The number of rotatable bonds is 7. The first-order valence-electron chi connectivity index (χ1n) is 8.71. The summed E-state index contributed by atoms with van der Waals surface area (Å²) in [6.07, 6.45) is 0.663. The first-order valence-corrected chi connectivity index (χ1v) is 10.9. The molecule has 0 bridgehead atoms. The van der Waals surface area contributed by atoms with Gasteiger partial charge in [-0.2, -0.15) is 4.68 Å². The van der Waals surface area contributed by atoms with Gasteiger partial charge in [0.15, 0.2) is 16.5 Å². The summed E-state index contributed by atoms with van der Waals surface area (Å²) in [5, 5.41) is 4.49. The van der Waals surface area contributed by atoms with Gasteiger partial charge in [-0.25, -0.2) is 8.42 Å². The molecule has 27 heavy (non-hydrogen) atoms. The van der Waals surface area contributed by atoms with Crippen LogP contribution < -0.4 is 14.4 Å². The number of hydrogen-bond donors (Lipinski definition) is 1. The van der Waals surface area contributed by atoms with Crippen molar-refractivity contribution in [2.45, 2.75) is 26.1 Å². The van der Waals surface area contributed by atoms with E-state index >= 15 is 0 Å². The third-order valence-electron chi connectivity index (χ3n) is 4.82. The molecule has 1 aliphatic rings. The van der Waals surface area contributed by atoms with Gasteiger partial charge in [-0.1, -0.05) is 0 Å². The van der Waals surface area contributed by atoms with E-state index in [9.17, 15) is 8.42 Å². The van der Waals surface area contributed by atoms with E-state index in [4.69, 9.17) is 26.1 Å². The van der Waals surface area contributed by atoms with E-state index in [-0.39, 0.29) is 22.4 Å². The maximum atomic E-state index is 11.8. The molecule has 0 radical (unpaired) electrons. The molecule has 148 valence electrons. The van der Waals surface area contributed by atoms with Crippen LogP contribution in [-0.4, -0.2) is 56.5 Å². The molecule has 1 fully saturated rings. The van der Waals surface area contributed by atoms with Crippen molar-refractivity contribution in [3.8, 4) is 23.0 Å². The number of hydrogen-bond acceptors (Lipinski definition) is 7. The number of methoxy groups -OCH3 is 2. The van der Waals surface area contributed by atoms with E-state index in [0.29, 0.717) is 36.0 Å². The molecule has 0 aliphatic carbocycles. The summed E-state index contributed by atoms with van der Waals surface area (Å²) in [6, 6.07) is 5.40. The highest BCUT2D eigenvalue weighted by atomic mass is 32.2. The molecule has 2 atom stereocenters. The van der Waals surface area contributed by atoms with Gasteiger partial charge in [0.2, 0.25) is 5.89 Å². The summed E-state index contributed by atoms with van der Waals surface area (Å²) in [4.78, 5) is 1.37. The van der Waals surface area contributed by atoms with Crippen molar-refractivity contribution in [3.63, 3.8) is 0 Å². The summed E-state index contributed by atoms with van der Waals surface area (Å²) in [6.45, 7) is 3.26. The Morgan fingerprint density at radius 1 is 1.30 bits per heavy atom. The van der Waals surface area contributed by atoms with Crippen molar-refractivity contribution in [2.24, 2.45) is 0 Å². The van der Waals surface area contributed by atoms with Crippen molar-refractivity contribution < 1.29 is 27.2 Å². The second-order valence-corrected chi connectivity index (χ2v) is 9.12. The molecule has 2 aromatic rings. The van der Waals surface area contributed by atoms with E-state index in [0.717, 1.165) is 11.4 Å². The average molecular weight is 415 g/mol. The maximum absolute atomic E-state index is 11.8. The first kappa shape index (κ1) is 19.8. The molecule has 1 saturated heterocycles. The number of aromatic nitrogens is 2. The Bertz CT molecular complexity index is 945. The zero-order valence-corrected chi connectivity index (χ0v) is 17.2. The van der Waals surface area contributed by atoms with Crippen molar-refractivity contribution in [3.05, 3.63) is 23.0 Å². The summed E-state index contributed by atoms with van der Waals surface area (Å²) >= 11 is 5.32. The number of nitrogens with zero attached hydrogens (tertiary/aromatic N) is 2. The zero-order chi connectivity index (χ0) is 19.6. The van der Waals surface area contributed by atoms with E-state index in [1.807, 2.05) is 6.92 Å². The van der Waals surface area contributed by atoms with Gasteiger partial charge in [-0.15, -0.1) is 5.10 Å². The molecule has 1 aromatic heterocycles. The van der Waals surface area contributed by atoms with Crippen LogP contribution in [0.4, 0.5) is 0 Å². The Hall–Kier alpha value is -1.91. The van der Waals surface area contributed by atoms with Crippen LogP contribution in [0.2, 0.25) is 0 Å². The zero-order valence-electron chi connectivity index (χ0n) is 15.6. The molecule has 8 nitrogen and oxygen atoms in total. The van der Waals surface area contributed by atoms with Crippen LogP contribution in [0.25, 0.3) is 11.5 Å². The molecule has 2 heterocycles. The summed E-state index contributed by atoms with van der Waals surface area (Å²) in [5.74, 6) is 2.07. The molecule has 1 aromatic carbocycles.